The van der Waals surface area contributed by atoms with E-state index in [0.717, 1.165) is 23.4 Å². The molecule has 2 heterocycles. The van der Waals surface area contributed by atoms with Gasteiger partial charge < -0.3 is 14.8 Å². The molecule has 1 amide bonds. The third-order valence-corrected chi connectivity index (χ3v) is 5.65. The molecule has 6 nitrogen and oxygen atoms in total. The Morgan fingerprint density at radius 1 is 1.03 bits per heavy atom. The van der Waals surface area contributed by atoms with Gasteiger partial charge in [0.2, 0.25) is 12.7 Å². The first-order chi connectivity index (χ1) is 15.9. The van der Waals surface area contributed by atoms with Crippen LogP contribution < -0.4 is 14.8 Å². The molecule has 33 heavy (non-hydrogen) atoms. The highest BCUT2D eigenvalue weighted by Gasteiger charge is 2.34. The molecule has 0 unspecified atom stereocenters. The van der Waals surface area contributed by atoms with Crippen molar-refractivity contribution in [3.05, 3.63) is 65.9 Å². The molecule has 0 saturated heterocycles. The van der Waals surface area contributed by atoms with Gasteiger partial charge in [-0.25, -0.2) is 9.97 Å². The number of amides is 1. The lowest BCUT2D eigenvalue weighted by atomic mass is 10.1. The average molecular weight is 475 g/mol. The van der Waals surface area contributed by atoms with Crippen molar-refractivity contribution in [3.63, 3.8) is 0 Å². The van der Waals surface area contributed by atoms with Gasteiger partial charge in [-0.15, -0.1) is 0 Å². The highest BCUT2D eigenvalue weighted by atomic mass is 32.2. The molecule has 0 radical (unpaired) electrons. The van der Waals surface area contributed by atoms with Gasteiger partial charge >= 0.3 is 6.18 Å². The summed E-state index contributed by atoms with van der Waals surface area (Å²) in [6.45, 7) is 0.548. The predicted octanol–water partition coefficient (Wildman–Crippen LogP) is 4.73. The summed E-state index contributed by atoms with van der Waals surface area (Å²) in [7, 11) is 0. The highest BCUT2D eigenvalue weighted by molar-refractivity contribution is 7.99. The molecule has 4 rings (SSSR count). The molecular formula is C23H20F3N3O3S. The molecule has 172 valence electrons. The zero-order chi connectivity index (χ0) is 23.3. The second kappa shape index (κ2) is 10.1. The number of nitrogens with zero attached hydrogens (tertiary/aromatic N) is 2. The summed E-state index contributed by atoms with van der Waals surface area (Å²) in [5.41, 5.74) is 0.638. The number of alkyl halides is 3. The Balaban J connectivity index is 1.38. The summed E-state index contributed by atoms with van der Waals surface area (Å²) in [6, 6.07) is 15.5. The van der Waals surface area contributed by atoms with Crippen LogP contribution in [0.2, 0.25) is 0 Å². The second-order valence-electron chi connectivity index (χ2n) is 7.17. The van der Waals surface area contributed by atoms with Crippen LogP contribution in [0.4, 0.5) is 13.2 Å². The van der Waals surface area contributed by atoms with E-state index in [1.165, 1.54) is 0 Å². The minimum Gasteiger partial charge on any atom is -0.454 e. The molecule has 0 bridgehead atoms. The number of ether oxygens (including phenoxy) is 2. The maximum Gasteiger partial charge on any atom is 0.433 e. The fourth-order valence-corrected chi connectivity index (χ4v) is 3.95. The van der Waals surface area contributed by atoms with Crippen molar-refractivity contribution in [1.82, 2.24) is 15.3 Å². The zero-order valence-electron chi connectivity index (χ0n) is 17.4. The highest BCUT2D eigenvalue weighted by Crippen LogP contribution is 2.37. The normalized spacial score (nSPS) is 12.6. The summed E-state index contributed by atoms with van der Waals surface area (Å²) >= 11 is 1.00. The van der Waals surface area contributed by atoms with Gasteiger partial charge in [0.15, 0.2) is 16.7 Å². The largest absolute Gasteiger partial charge is 0.454 e. The van der Waals surface area contributed by atoms with Gasteiger partial charge in [-0.05, 0) is 36.2 Å². The van der Waals surface area contributed by atoms with Crippen molar-refractivity contribution in [1.29, 1.82) is 0 Å². The van der Waals surface area contributed by atoms with E-state index in [1.54, 1.807) is 18.2 Å². The van der Waals surface area contributed by atoms with Crippen LogP contribution in [0.3, 0.4) is 0 Å². The number of carbonyl (C=O) groups is 1. The Morgan fingerprint density at radius 2 is 1.82 bits per heavy atom. The van der Waals surface area contributed by atoms with Gasteiger partial charge in [-0.1, -0.05) is 42.1 Å². The molecule has 0 aliphatic carbocycles. The van der Waals surface area contributed by atoms with Crippen LogP contribution in [0, 0.1) is 0 Å². The maximum atomic E-state index is 13.4. The van der Waals surface area contributed by atoms with Crippen molar-refractivity contribution in [2.24, 2.45) is 0 Å². The quantitative estimate of drug-likeness (QED) is 0.375. The van der Waals surface area contributed by atoms with Crippen LogP contribution in [-0.4, -0.2) is 35.0 Å². The van der Waals surface area contributed by atoms with Crippen molar-refractivity contribution < 1.29 is 27.4 Å². The number of aromatic nitrogens is 2. The number of benzene rings is 2. The standard InChI is InChI=1S/C23H20F3N3O3S/c24-23(25,26)20-13-17(16-6-7-18-19(12-16)32-14-31-18)28-22(29-20)33-11-9-21(30)27-10-8-15-4-2-1-3-5-15/h1-7,12-13H,8-11,14H2,(H,27,30). The molecule has 1 N–H and O–H groups in total. The predicted molar refractivity (Wildman–Crippen MR) is 117 cm³/mol. The van der Waals surface area contributed by atoms with E-state index in [0.29, 0.717) is 30.0 Å². The van der Waals surface area contributed by atoms with Crippen molar-refractivity contribution in [2.45, 2.75) is 24.2 Å². The molecule has 0 fully saturated rings. The molecule has 1 aliphatic heterocycles. The minimum absolute atomic E-state index is 0.0467. The van der Waals surface area contributed by atoms with Crippen molar-refractivity contribution in [3.8, 4) is 22.8 Å². The van der Waals surface area contributed by atoms with E-state index in [2.05, 4.69) is 15.3 Å². The van der Waals surface area contributed by atoms with E-state index >= 15 is 0 Å². The number of halogens is 3. The number of hydrogen-bond donors (Lipinski definition) is 1. The molecular weight excluding hydrogens is 455 g/mol. The molecule has 1 aromatic heterocycles. The molecule has 0 atom stereocenters. The second-order valence-corrected chi connectivity index (χ2v) is 8.23. The lowest BCUT2D eigenvalue weighted by Gasteiger charge is -2.11. The first-order valence-electron chi connectivity index (χ1n) is 10.2. The van der Waals surface area contributed by atoms with Crippen LogP contribution in [-0.2, 0) is 17.4 Å². The Labute approximate surface area is 192 Å². The lowest BCUT2D eigenvalue weighted by Crippen LogP contribution is -2.25. The fourth-order valence-electron chi connectivity index (χ4n) is 3.15. The van der Waals surface area contributed by atoms with E-state index in [9.17, 15) is 18.0 Å². The molecule has 3 aromatic rings. The Morgan fingerprint density at radius 3 is 2.61 bits per heavy atom. The van der Waals surface area contributed by atoms with Crippen molar-refractivity contribution >= 4 is 17.7 Å². The number of fused-ring (bicyclic) bond motifs is 1. The first-order valence-corrected chi connectivity index (χ1v) is 11.2. The SMILES string of the molecule is O=C(CCSc1nc(-c2ccc3c(c2)OCO3)cc(C(F)(F)F)n1)NCCc1ccccc1. The third kappa shape index (κ3) is 6.16. The van der Waals surface area contributed by atoms with Gasteiger partial charge in [-0.3, -0.25) is 4.79 Å². The maximum absolute atomic E-state index is 13.4. The van der Waals surface area contributed by atoms with Crippen LogP contribution in [0.25, 0.3) is 11.3 Å². The third-order valence-electron chi connectivity index (χ3n) is 4.80. The summed E-state index contributed by atoms with van der Waals surface area (Å²) in [5.74, 6) is 1.04. The number of hydrogen-bond acceptors (Lipinski definition) is 6. The van der Waals surface area contributed by atoms with E-state index in [1.807, 2.05) is 30.3 Å². The molecule has 0 saturated carbocycles. The van der Waals surface area contributed by atoms with E-state index in [4.69, 9.17) is 9.47 Å². The van der Waals surface area contributed by atoms with Crippen molar-refractivity contribution in [2.75, 3.05) is 19.1 Å². The van der Waals surface area contributed by atoms with E-state index in [-0.39, 0.29) is 35.7 Å². The number of thioether (sulfide) groups is 1. The minimum atomic E-state index is -4.63. The number of carbonyl (C=O) groups excluding carboxylic acids is 1. The number of rotatable bonds is 8. The summed E-state index contributed by atoms with van der Waals surface area (Å²) in [5, 5.41) is 2.77. The monoisotopic (exact) mass is 475 g/mol. The van der Waals surface area contributed by atoms with Crippen LogP contribution >= 0.6 is 11.8 Å². The molecule has 10 heteroatoms. The topological polar surface area (TPSA) is 73.3 Å². The Bertz CT molecular complexity index is 1130. The Kier molecular flexibility index (Phi) is 7.02. The summed E-state index contributed by atoms with van der Waals surface area (Å²) in [4.78, 5) is 20.0. The van der Waals surface area contributed by atoms with Crippen LogP contribution in [0.5, 0.6) is 11.5 Å². The molecule has 0 spiro atoms. The fraction of sp³-hybridized carbons (Fsp3) is 0.261. The van der Waals surface area contributed by atoms with Gasteiger partial charge in [-0.2, -0.15) is 13.2 Å². The van der Waals surface area contributed by atoms with Gasteiger partial charge in [0.05, 0.1) is 5.69 Å². The summed E-state index contributed by atoms with van der Waals surface area (Å²) < 4.78 is 50.8. The first kappa shape index (κ1) is 22.9. The lowest BCUT2D eigenvalue weighted by molar-refractivity contribution is -0.141. The zero-order valence-corrected chi connectivity index (χ0v) is 18.2. The van der Waals surface area contributed by atoms with Gasteiger partial charge in [0.1, 0.15) is 5.69 Å². The van der Waals surface area contributed by atoms with Gasteiger partial charge in [0.25, 0.3) is 0 Å². The average Bonchev–Trinajstić information content (AvgIpc) is 3.27. The van der Waals surface area contributed by atoms with E-state index < -0.39 is 11.9 Å². The summed E-state index contributed by atoms with van der Waals surface area (Å²) in [6.07, 6.45) is -3.79. The molecule has 1 aliphatic rings. The number of nitrogens with one attached hydrogen (secondary N) is 1. The van der Waals surface area contributed by atoms with Gasteiger partial charge in [0, 0.05) is 24.3 Å². The molecule has 2 aromatic carbocycles. The van der Waals surface area contributed by atoms with Crippen LogP contribution in [0.1, 0.15) is 17.7 Å². The van der Waals surface area contributed by atoms with Crippen LogP contribution in [0.15, 0.2) is 59.8 Å². The Hall–Kier alpha value is -3.27. The smallest absolute Gasteiger partial charge is 0.433 e.